The van der Waals surface area contributed by atoms with Gasteiger partial charge in [-0.1, -0.05) is 29.3 Å². The minimum absolute atomic E-state index is 0.290. The molecule has 0 unspecified atom stereocenters. The third kappa shape index (κ3) is 2.85. The molecule has 17 heavy (non-hydrogen) atoms. The molecule has 0 atom stereocenters. The molecule has 1 N–H and O–H groups in total. The van der Waals surface area contributed by atoms with E-state index in [-0.39, 0.29) is 5.63 Å². The second kappa shape index (κ2) is 5.31. The van der Waals surface area contributed by atoms with Crippen LogP contribution in [0.5, 0.6) is 0 Å². The molecule has 0 saturated heterocycles. The van der Waals surface area contributed by atoms with Gasteiger partial charge >= 0.3 is 5.63 Å². The maximum absolute atomic E-state index is 11.7. The van der Waals surface area contributed by atoms with Gasteiger partial charge in [-0.2, -0.15) is 4.98 Å². The van der Waals surface area contributed by atoms with Crippen molar-refractivity contribution in [1.82, 2.24) is 4.98 Å². The number of aromatic nitrogens is 1. The summed E-state index contributed by atoms with van der Waals surface area (Å²) in [7, 11) is 0. The summed E-state index contributed by atoms with van der Waals surface area (Å²) in [4.78, 5) is 16.0. The van der Waals surface area contributed by atoms with E-state index >= 15 is 0 Å². The number of fused-ring (bicyclic) bond motifs is 1. The molecule has 1 aromatic carbocycles. The number of benzene rings is 1. The zero-order valence-electron chi connectivity index (χ0n) is 9.50. The predicted octanol–water partition coefficient (Wildman–Crippen LogP) is 3.16. The third-order valence-electron chi connectivity index (χ3n) is 2.40. The summed E-state index contributed by atoms with van der Waals surface area (Å²) in [5, 5.41) is 3.49. The Labute approximate surface area is 107 Å². The Balaban J connectivity index is 2.35. The zero-order chi connectivity index (χ0) is 12.3. The third-order valence-corrected chi connectivity index (χ3v) is 2.89. The van der Waals surface area contributed by atoms with Crippen LogP contribution in [0.3, 0.4) is 0 Å². The fraction of sp³-hybridized carbons (Fsp3) is 0.333. The first-order valence-corrected chi connectivity index (χ1v) is 6.34. The van der Waals surface area contributed by atoms with Gasteiger partial charge in [0, 0.05) is 11.0 Å². The molecule has 90 valence electrons. The predicted molar refractivity (Wildman–Crippen MR) is 71.4 cm³/mol. The highest BCUT2D eigenvalue weighted by atomic mass is 79.9. The van der Waals surface area contributed by atoms with Crippen molar-refractivity contribution < 1.29 is 4.42 Å². The van der Waals surface area contributed by atoms with Crippen LogP contribution in [0.4, 0.5) is 6.01 Å². The molecule has 0 spiro atoms. The standard InChI is InChI=1S/C12H13BrN2O2/c1-2-3-6-14-12-15-10-5-4-8(13)7-9(10)11(16)17-12/h4-5,7H,2-3,6H2,1H3,(H,14,15). The Morgan fingerprint density at radius 3 is 3.06 bits per heavy atom. The Morgan fingerprint density at radius 1 is 1.47 bits per heavy atom. The molecule has 0 saturated carbocycles. The Morgan fingerprint density at radius 2 is 2.29 bits per heavy atom. The highest BCUT2D eigenvalue weighted by molar-refractivity contribution is 9.10. The molecule has 0 fully saturated rings. The molecule has 0 aliphatic rings. The van der Waals surface area contributed by atoms with Gasteiger partial charge in [-0.3, -0.25) is 0 Å². The number of nitrogens with one attached hydrogen (secondary N) is 1. The lowest BCUT2D eigenvalue weighted by atomic mass is 10.2. The highest BCUT2D eigenvalue weighted by Crippen LogP contribution is 2.16. The van der Waals surface area contributed by atoms with Crippen LogP contribution in [0.2, 0.25) is 0 Å². The number of hydrogen-bond donors (Lipinski definition) is 1. The van der Waals surface area contributed by atoms with Crippen molar-refractivity contribution in [3.8, 4) is 0 Å². The largest absolute Gasteiger partial charge is 0.389 e. The fourth-order valence-electron chi connectivity index (χ4n) is 1.49. The van der Waals surface area contributed by atoms with Crippen molar-refractivity contribution in [1.29, 1.82) is 0 Å². The maximum Gasteiger partial charge on any atom is 0.348 e. The van der Waals surface area contributed by atoms with E-state index < -0.39 is 0 Å². The van der Waals surface area contributed by atoms with E-state index in [2.05, 4.69) is 33.2 Å². The van der Waals surface area contributed by atoms with E-state index in [4.69, 9.17) is 4.42 Å². The zero-order valence-corrected chi connectivity index (χ0v) is 11.1. The molecule has 0 aliphatic carbocycles. The molecular weight excluding hydrogens is 284 g/mol. The maximum atomic E-state index is 11.7. The molecule has 4 nitrogen and oxygen atoms in total. The van der Waals surface area contributed by atoms with Crippen molar-refractivity contribution in [2.24, 2.45) is 0 Å². The molecule has 5 heteroatoms. The van der Waals surface area contributed by atoms with Gasteiger partial charge in [-0.15, -0.1) is 0 Å². The molecule has 0 aliphatic heterocycles. The summed E-state index contributed by atoms with van der Waals surface area (Å²) >= 11 is 3.31. The molecule has 0 radical (unpaired) electrons. The van der Waals surface area contributed by atoms with Crippen LogP contribution in [-0.4, -0.2) is 11.5 Å². The van der Waals surface area contributed by atoms with Gasteiger partial charge < -0.3 is 9.73 Å². The van der Waals surface area contributed by atoms with Gasteiger partial charge in [0.05, 0.1) is 10.9 Å². The van der Waals surface area contributed by atoms with Crippen molar-refractivity contribution in [2.45, 2.75) is 19.8 Å². The van der Waals surface area contributed by atoms with E-state index in [1.807, 2.05) is 6.07 Å². The topological polar surface area (TPSA) is 55.1 Å². The molecule has 2 rings (SSSR count). The lowest BCUT2D eigenvalue weighted by Crippen LogP contribution is -2.08. The van der Waals surface area contributed by atoms with Crippen molar-refractivity contribution in [3.63, 3.8) is 0 Å². The van der Waals surface area contributed by atoms with Crippen LogP contribution in [0.25, 0.3) is 10.9 Å². The van der Waals surface area contributed by atoms with Crippen LogP contribution >= 0.6 is 15.9 Å². The second-order valence-corrected chi connectivity index (χ2v) is 4.66. The summed E-state index contributed by atoms with van der Waals surface area (Å²) in [5.74, 6) is 0. The summed E-state index contributed by atoms with van der Waals surface area (Å²) < 4.78 is 5.93. The first kappa shape index (κ1) is 12.1. The SMILES string of the molecule is CCCCNc1nc2ccc(Br)cc2c(=O)o1. The number of nitrogens with zero attached hydrogens (tertiary/aromatic N) is 1. The summed E-state index contributed by atoms with van der Waals surface area (Å²) in [5.41, 5.74) is 0.277. The average Bonchev–Trinajstić information content (AvgIpc) is 2.31. The normalized spacial score (nSPS) is 10.7. The van der Waals surface area contributed by atoms with Crippen molar-refractivity contribution in [2.75, 3.05) is 11.9 Å². The van der Waals surface area contributed by atoms with Gasteiger partial charge in [-0.25, -0.2) is 4.79 Å². The number of unbranched alkanes of at least 4 members (excludes halogenated alkanes) is 1. The first-order valence-electron chi connectivity index (χ1n) is 5.55. The van der Waals surface area contributed by atoms with E-state index in [1.165, 1.54) is 0 Å². The second-order valence-electron chi connectivity index (χ2n) is 3.75. The van der Waals surface area contributed by atoms with Crippen molar-refractivity contribution in [3.05, 3.63) is 33.1 Å². The van der Waals surface area contributed by atoms with Crippen LogP contribution in [0, 0.1) is 0 Å². The molecule has 0 amide bonds. The minimum atomic E-state index is -0.365. The molecular formula is C12H13BrN2O2. The van der Waals surface area contributed by atoms with Crippen LogP contribution in [-0.2, 0) is 0 Å². The van der Waals surface area contributed by atoms with Gasteiger partial charge in [0.25, 0.3) is 6.01 Å². The van der Waals surface area contributed by atoms with E-state index in [1.54, 1.807) is 12.1 Å². The molecule has 0 bridgehead atoms. The quantitative estimate of drug-likeness (QED) is 0.881. The monoisotopic (exact) mass is 296 g/mol. The molecule has 2 aromatic rings. The lowest BCUT2D eigenvalue weighted by Gasteiger charge is -2.03. The molecule has 1 heterocycles. The summed E-state index contributed by atoms with van der Waals surface area (Å²) in [6.07, 6.45) is 2.10. The van der Waals surface area contributed by atoms with Gasteiger partial charge in [-0.05, 0) is 24.6 Å². The Bertz CT molecular complexity index is 580. The fourth-order valence-corrected chi connectivity index (χ4v) is 1.85. The van der Waals surface area contributed by atoms with Gasteiger partial charge in [0.1, 0.15) is 0 Å². The van der Waals surface area contributed by atoms with Gasteiger partial charge in [0.2, 0.25) is 0 Å². The highest BCUT2D eigenvalue weighted by Gasteiger charge is 2.05. The summed E-state index contributed by atoms with van der Waals surface area (Å²) in [6.45, 7) is 2.86. The Hall–Kier alpha value is -1.36. The van der Waals surface area contributed by atoms with E-state index in [0.29, 0.717) is 16.9 Å². The van der Waals surface area contributed by atoms with E-state index in [9.17, 15) is 4.79 Å². The van der Waals surface area contributed by atoms with E-state index in [0.717, 1.165) is 23.9 Å². The lowest BCUT2D eigenvalue weighted by molar-refractivity contribution is 0.515. The van der Waals surface area contributed by atoms with Crippen LogP contribution in [0.15, 0.2) is 31.9 Å². The number of hydrogen-bond acceptors (Lipinski definition) is 4. The van der Waals surface area contributed by atoms with Crippen LogP contribution in [0.1, 0.15) is 19.8 Å². The minimum Gasteiger partial charge on any atom is -0.389 e. The average molecular weight is 297 g/mol. The number of anilines is 1. The summed E-state index contributed by atoms with van der Waals surface area (Å²) in [6, 6.07) is 5.65. The Kier molecular flexibility index (Phi) is 3.78. The first-order chi connectivity index (χ1) is 8.20. The molecule has 1 aromatic heterocycles. The van der Waals surface area contributed by atoms with Gasteiger partial charge in [0.15, 0.2) is 0 Å². The van der Waals surface area contributed by atoms with Crippen LogP contribution < -0.4 is 10.9 Å². The number of rotatable bonds is 4. The smallest absolute Gasteiger partial charge is 0.348 e. The number of halogens is 1. The van der Waals surface area contributed by atoms with Crippen molar-refractivity contribution >= 4 is 32.8 Å².